The average molecular weight is 326 g/mol. The van der Waals surface area contributed by atoms with Crippen LogP contribution < -0.4 is 16.4 Å². The number of primary amides is 1. The van der Waals surface area contributed by atoms with E-state index in [4.69, 9.17) is 5.73 Å². The third-order valence-corrected chi connectivity index (χ3v) is 3.74. The molecule has 1 heterocycles. The van der Waals surface area contributed by atoms with E-state index in [-0.39, 0.29) is 24.3 Å². The minimum Gasteiger partial charge on any atom is -0.368 e. The fourth-order valence-electron chi connectivity index (χ4n) is 2.68. The molecule has 0 saturated carbocycles. The minimum atomic E-state index is -0.753. The summed E-state index contributed by atoms with van der Waals surface area (Å²) in [6, 6.07) is -1.29. The summed E-state index contributed by atoms with van der Waals surface area (Å²) in [5.74, 6) is -1.41. The Kier molecular flexibility index (Phi) is 6.99. The topological polar surface area (TPSA) is 122 Å². The molecule has 0 aromatic rings. The van der Waals surface area contributed by atoms with E-state index in [1.165, 1.54) is 11.8 Å². The van der Waals surface area contributed by atoms with Crippen LogP contribution in [-0.2, 0) is 19.2 Å². The molecule has 2 atom stereocenters. The van der Waals surface area contributed by atoms with Gasteiger partial charge in [-0.1, -0.05) is 13.8 Å². The highest BCUT2D eigenvalue weighted by Gasteiger charge is 2.34. The lowest BCUT2D eigenvalue weighted by atomic mass is 10.0. The molecule has 1 aliphatic rings. The van der Waals surface area contributed by atoms with Crippen LogP contribution in [-0.4, -0.2) is 53.7 Å². The first-order valence-electron chi connectivity index (χ1n) is 7.86. The van der Waals surface area contributed by atoms with Crippen LogP contribution in [0.5, 0.6) is 0 Å². The van der Waals surface area contributed by atoms with Crippen molar-refractivity contribution in [2.75, 3.05) is 13.1 Å². The second-order valence-electron chi connectivity index (χ2n) is 6.25. The lowest BCUT2D eigenvalue weighted by molar-refractivity contribution is -0.138. The monoisotopic (exact) mass is 326 g/mol. The maximum absolute atomic E-state index is 12.4. The van der Waals surface area contributed by atoms with Gasteiger partial charge in [0.25, 0.3) is 0 Å². The molecule has 1 rings (SSSR count). The second-order valence-corrected chi connectivity index (χ2v) is 6.25. The number of likely N-dealkylation sites (tertiary alicyclic amines) is 1. The van der Waals surface area contributed by atoms with Crippen molar-refractivity contribution in [1.82, 2.24) is 15.5 Å². The number of carbonyl (C=O) groups excluding carboxylic acids is 4. The second kappa shape index (κ2) is 8.50. The molecule has 130 valence electrons. The van der Waals surface area contributed by atoms with E-state index in [9.17, 15) is 19.2 Å². The average Bonchev–Trinajstić information content (AvgIpc) is 2.93. The summed E-state index contributed by atoms with van der Waals surface area (Å²) in [6.07, 6.45) is 1.78. The Balaban J connectivity index is 2.71. The zero-order valence-electron chi connectivity index (χ0n) is 13.9. The third-order valence-electron chi connectivity index (χ3n) is 3.74. The van der Waals surface area contributed by atoms with Gasteiger partial charge in [-0.2, -0.15) is 0 Å². The van der Waals surface area contributed by atoms with Gasteiger partial charge in [0.1, 0.15) is 12.1 Å². The van der Waals surface area contributed by atoms with Gasteiger partial charge in [0.2, 0.25) is 23.6 Å². The van der Waals surface area contributed by atoms with Crippen molar-refractivity contribution in [3.63, 3.8) is 0 Å². The number of carbonyl (C=O) groups is 4. The first-order chi connectivity index (χ1) is 10.7. The smallest absolute Gasteiger partial charge is 0.243 e. The summed E-state index contributed by atoms with van der Waals surface area (Å²) in [6.45, 7) is 5.56. The van der Waals surface area contributed by atoms with Gasteiger partial charge in [-0.05, 0) is 25.2 Å². The molecule has 1 saturated heterocycles. The summed E-state index contributed by atoms with van der Waals surface area (Å²) in [7, 11) is 0. The molecule has 0 aromatic carbocycles. The molecule has 8 heteroatoms. The Morgan fingerprint density at radius 1 is 1.26 bits per heavy atom. The number of nitrogens with zero attached hydrogens (tertiary/aromatic N) is 1. The van der Waals surface area contributed by atoms with E-state index in [1.807, 2.05) is 13.8 Å². The number of hydrogen-bond donors (Lipinski definition) is 3. The molecule has 4 amide bonds. The molecule has 4 N–H and O–H groups in total. The van der Waals surface area contributed by atoms with Gasteiger partial charge in [0.05, 0.1) is 6.54 Å². The summed E-state index contributed by atoms with van der Waals surface area (Å²) in [5, 5.41) is 5.11. The van der Waals surface area contributed by atoms with Crippen LogP contribution in [0.1, 0.15) is 40.0 Å². The van der Waals surface area contributed by atoms with Crippen LogP contribution in [0.4, 0.5) is 0 Å². The molecule has 23 heavy (non-hydrogen) atoms. The lowest BCUT2D eigenvalue weighted by Crippen LogP contribution is -2.54. The standard InChI is InChI=1S/C15H26N4O4/c1-9(2)7-11(14(22)17-8-13(16)21)18-15(23)12-5-4-6-19(12)10(3)20/h9,11-12H,4-8H2,1-3H3,(H2,16,21)(H,17,22)(H,18,23). The van der Waals surface area contributed by atoms with Crippen molar-refractivity contribution in [3.05, 3.63) is 0 Å². The molecule has 0 aromatic heterocycles. The number of amides is 4. The highest BCUT2D eigenvalue weighted by Crippen LogP contribution is 2.18. The van der Waals surface area contributed by atoms with E-state index >= 15 is 0 Å². The van der Waals surface area contributed by atoms with Gasteiger partial charge < -0.3 is 21.3 Å². The van der Waals surface area contributed by atoms with Crippen molar-refractivity contribution in [2.24, 2.45) is 11.7 Å². The van der Waals surface area contributed by atoms with E-state index in [1.54, 1.807) is 0 Å². The Morgan fingerprint density at radius 2 is 1.91 bits per heavy atom. The van der Waals surface area contributed by atoms with E-state index < -0.39 is 23.9 Å². The summed E-state index contributed by atoms with van der Waals surface area (Å²) in [4.78, 5) is 48.4. The fourth-order valence-corrected chi connectivity index (χ4v) is 2.68. The van der Waals surface area contributed by atoms with Crippen LogP contribution in [0, 0.1) is 5.92 Å². The first-order valence-corrected chi connectivity index (χ1v) is 7.86. The van der Waals surface area contributed by atoms with Crippen molar-refractivity contribution in [2.45, 2.75) is 52.1 Å². The van der Waals surface area contributed by atoms with Crippen LogP contribution in [0.15, 0.2) is 0 Å². The van der Waals surface area contributed by atoms with Gasteiger partial charge >= 0.3 is 0 Å². The molecule has 0 bridgehead atoms. The lowest BCUT2D eigenvalue weighted by Gasteiger charge is -2.26. The molecule has 8 nitrogen and oxygen atoms in total. The predicted octanol–water partition coefficient (Wildman–Crippen LogP) is -0.870. The molecule has 1 fully saturated rings. The van der Waals surface area contributed by atoms with Crippen LogP contribution in [0.2, 0.25) is 0 Å². The van der Waals surface area contributed by atoms with E-state index in [0.717, 1.165) is 6.42 Å². The van der Waals surface area contributed by atoms with Gasteiger partial charge in [-0.15, -0.1) is 0 Å². The number of nitrogens with two attached hydrogens (primary N) is 1. The highest BCUT2D eigenvalue weighted by molar-refractivity contribution is 5.93. The maximum Gasteiger partial charge on any atom is 0.243 e. The summed E-state index contributed by atoms with van der Waals surface area (Å²) in [5.41, 5.74) is 5.01. The number of rotatable bonds is 7. The fraction of sp³-hybridized carbons (Fsp3) is 0.733. The summed E-state index contributed by atoms with van der Waals surface area (Å²) >= 11 is 0. The van der Waals surface area contributed by atoms with Crippen molar-refractivity contribution >= 4 is 23.6 Å². The Labute approximate surface area is 136 Å². The van der Waals surface area contributed by atoms with Crippen molar-refractivity contribution < 1.29 is 19.2 Å². The molecule has 0 radical (unpaired) electrons. The zero-order valence-corrected chi connectivity index (χ0v) is 13.9. The quantitative estimate of drug-likeness (QED) is 0.563. The zero-order chi connectivity index (χ0) is 17.6. The Hall–Kier alpha value is -2.12. The molecular formula is C15H26N4O4. The molecule has 0 spiro atoms. The summed E-state index contributed by atoms with van der Waals surface area (Å²) < 4.78 is 0. The first kappa shape index (κ1) is 18.9. The normalized spacial score (nSPS) is 18.6. The predicted molar refractivity (Wildman–Crippen MR) is 84.0 cm³/mol. The Bertz CT molecular complexity index is 478. The number of hydrogen-bond acceptors (Lipinski definition) is 4. The molecular weight excluding hydrogens is 300 g/mol. The number of nitrogens with one attached hydrogen (secondary N) is 2. The van der Waals surface area contributed by atoms with Crippen molar-refractivity contribution in [1.29, 1.82) is 0 Å². The van der Waals surface area contributed by atoms with E-state index in [2.05, 4.69) is 10.6 Å². The molecule has 1 aliphatic heterocycles. The third kappa shape index (κ3) is 5.88. The van der Waals surface area contributed by atoms with Gasteiger partial charge in [0.15, 0.2) is 0 Å². The van der Waals surface area contributed by atoms with Gasteiger partial charge in [-0.25, -0.2) is 0 Å². The van der Waals surface area contributed by atoms with Crippen molar-refractivity contribution in [3.8, 4) is 0 Å². The SMILES string of the molecule is CC(=O)N1CCCC1C(=O)NC(CC(C)C)C(=O)NCC(N)=O. The Morgan fingerprint density at radius 3 is 2.43 bits per heavy atom. The van der Waals surface area contributed by atoms with E-state index in [0.29, 0.717) is 19.4 Å². The van der Waals surface area contributed by atoms with Crippen LogP contribution in [0.3, 0.4) is 0 Å². The molecule has 2 unspecified atom stereocenters. The highest BCUT2D eigenvalue weighted by atomic mass is 16.2. The van der Waals surface area contributed by atoms with Crippen LogP contribution >= 0.6 is 0 Å². The maximum atomic E-state index is 12.4. The van der Waals surface area contributed by atoms with Crippen LogP contribution in [0.25, 0.3) is 0 Å². The van der Waals surface area contributed by atoms with Gasteiger partial charge in [-0.3, -0.25) is 19.2 Å². The largest absolute Gasteiger partial charge is 0.368 e. The van der Waals surface area contributed by atoms with Gasteiger partial charge in [0, 0.05) is 13.5 Å². The molecule has 0 aliphatic carbocycles. The minimum absolute atomic E-state index is 0.152.